The van der Waals surface area contributed by atoms with Crippen molar-refractivity contribution >= 4 is 24.7 Å². The van der Waals surface area contributed by atoms with Crippen LogP contribution in [0.5, 0.6) is 0 Å². The SMILES string of the molecule is [B]C(C)C(P)C(OP(=O)(CCCCC)OC)C(COCCCC)OC. The predicted molar refractivity (Wildman–Crippen MR) is 109 cm³/mol. The lowest BCUT2D eigenvalue weighted by Crippen LogP contribution is -2.42. The van der Waals surface area contributed by atoms with Gasteiger partial charge in [-0.2, -0.15) is 0 Å². The van der Waals surface area contributed by atoms with Crippen LogP contribution in [0.1, 0.15) is 52.9 Å². The zero-order valence-electron chi connectivity index (χ0n) is 16.6. The Balaban J connectivity index is 5.07. The molecule has 0 N–H and O–H groups in total. The van der Waals surface area contributed by atoms with Crippen molar-refractivity contribution in [2.24, 2.45) is 0 Å². The van der Waals surface area contributed by atoms with Gasteiger partial charge in [0.15, 0.2) is 0 Å². The highest BCUT2D eigenvalue weighted by atomic mass is 31.2. The molecule has 0 bridgehead atoms. The Labute approximate surface area is 158 Å². The Hall–Kier alpha value is 0.565. The van der Waals surface area contributed by atoms with Gasteiger partial charge in [-0.15, -0.1) is 9.24 Å². The molecule has 0 saturated carbocycles. The molecule has 2 radical (unpaired) electrons. The number of hydrogen-bond acceptors (Lipinski definition) is 5. The van der Waals surface area contributed by atoms with Crippen molar-refractivity contribution in [2.45, 2.75) is 76.6 Å². The zero-order chi connectivity index (χ0) is 19.3. The highest BCUT2D eigenvalue weighted by Crippen LogP contribution is 2.51. The van der Waals surface area contributed by atoms with Crippen LogP contribution in [0.15, 0.2) is 0 Å². The van der Waals surface area contributed by atoms with E-state index in [2.05, 4.69) is 23.1 Å². The molecule has 5 nitrogen and oxygen atoms in total. The maximum Gasteiger partial charge on any atom is 0.330 e. The molecule has 25 heavy (non-hydrogen) atoms. The van der Waals surface area contributed by atoms with Crippen LogP contribution in [0.4, 0.5) is 0 Å². The van der Waals surface area contributed by atoms with Gasteiger partial charge in [-0.05, 0) is 18.5 Å². The van der Waals surface area contributed by atoms with Crippen molar-refractivity contribution in [3.05, 3.63) is 0 Å². The predicted octanol–water partition coefficient (Wildman–Crippen LogP) is 4.45. The van der Waals surface area contributed by atoms with Gasteiger partial charge in [0.2, 0.25) is 0 Å². The molecule has 0 aromatic carbocycles. The Kier molecular flexibility index (Phi) is 14.9. The smallest absolute Gasteiger partial charge is 0.330 e. The Bertz CT molecular complexity index is 371. The standard InChI is InChI=1S/C17H37BO5P2/c1-6-8-10-12-25(19,21-5)23-16(17(24)14(3)18)15(20-4)13-22-11-9-7-2/h14-17H,6-13,24H2,1-5H3. The fourth-order valence-electron chi connectivity index (χ4n) is 2.36. The summed E-state index contributed by atoms with van der Waals surface area (Å²) in [7, 11) is 8.60. The quantitative estimate of drug-likeness (QED) is 0.220. The van der Waals surface area contributed by atoms with Gasteiger partial charge in [0.25, 0.3) is 0 Å². The lowest BCUT2D eigenvalue weighted by atomic mass is 9.83. The van der Waals surface area contributed by atoms with E-state index in [-0.39, 0.29) is 17.6 Å². The first kappa shape index (κ1) is 25.6. The van der Waals surface area contributed by atoms with Crippen LogP contribution in [0.3, 0.4) is 0 Å². The third-order valence-electron chi connectivity index (χ3n) is 4.18. The largest absolute Gasteiger partial charge is 0.379 e. The van der Waals surface area contributed by atoms with Crippen molar-refractivity contribution < 1.29 is 23.1 Å². The van der Waals surface area contributed by atoms with Crippen molar-refractivity contribution in [1.29, 1.82) is 0 Å². The Morgan fingerprint density at radius 3 is 2.24 bits per heavy atom. The van der Waals surface area contributed by atoms with Gasteiger partial charge in [0, 0.05) is 20.8 Å². The van der Waals surface area contributed by atoms with E-state index < -0.39 is 13.7 Å². The number of hydrogen-bond donors (Lipinski definition) is 0. The lowest BCUT2D eigenvalue weighted by molar-refractivity contribution is -0.0551. The van der Waals surface area contributed by atoms with E-state index in [1.165, 1.54) is 7.11 Å². The molecule has 0 saturated heterocycles. The highest BCUT2D eigenvalue weighted by molar-refractivity contribution is 7.53. The second-order valence-corrected chi connectivity index (χ2v) is 9.45. The summed E-state index contributed by atoms with van der Waals surface area (Å²) in [6.45, 7) is 7.15. The molecule has 0 heterocycles. The minimum Gasteiger partial charge on any atom is -0.379 e. The van der Waals surface area contributed by atoms with E-state index >= 15 is 0 Å². The summed E-state index contributed by atoms with van der Waals surface area (Å²) < 4.78 is 35.5. The van der Waals surface area contributed by atoms with Crippen molar-refractivity contribution in [3.8, 4) is 0 Å². The Morgan fingerprint density at radius 1 is 1.12 bits per heavy atom. The summed E-state index contributed by atoms with van der Waals surface area (Å²) in [6.07, 6.45) is 4.46. The monoisotopic (exact) mass is 394 g/mol. The van der Waals surface area contributed by atoms with Gasteiger partial charge >= 0.3 is 7.60 Å². The maximum absolute atomic E-state index is 13.0. The maximum atomic E-state index is 13.0. The molecule has 0 aliphatic heterocycles. The van der Waals surface area contributed by atoms with Crippen LogP contribution in [-0.2, 0) is 23.1 Å². The molecular formula is C17H37BO5P2. The van der Waals surface area contributed by atoms with E-state index in [0.717, 1.165) is 32.1 Å². The number of methoxy groups -OCH3 is 1. The summed E-state index contributed by atoms with van der Waals surface area (Å²) in [4.78, 5) is 0. The Morgan fingerprint density at radius 2 is 1.76 bits per heavy atom. The molecule has 0 aromatic heterocycles. The van der Waals surface area contributed by atoms with E-state index in [9.17, 15) is 4.57 Å². The summed E-state index contributed by atoms with van der Waals surface area (Å²) >= 11 is 0. The molecule has 148 valence electrons. The average molecular weight is 394 g/mol. The average Bonchev–Trinajstić information content (AvgIpc) is 2.60. The highest BCUT2D eigenvalue weighted by Gasteiger charge is 2.36. The molecule has 0 aliphatic carbocycles. The molecule has 0 spiro atoms. The minimum atomic E-state index is -3.20. The first-order valence-electron chi connectivity index (χ1n) is 9.30. The molecule has 0 aromatic rings. The van der Waals surface area contributed by atoms with E-state index in [1.54, 1.807) is 7.11 Å². The van der Waals surface area contributed by atoms with E-state index in [1.807, 2.05) is 6.92 Å². The molecule has 8 heteroatoms. The fraction of sp³-hybridized carbons (Fsp3) is 1.00. The third kappa shape index (κ3) is 10.5. The molecule has 6 unspecified atom stereocenters. The van der Waals surface area contributed by atoms with Crippen LogP contribution >= 0.6 is 16.8 Å². The van der Waals surface area contributed by atoms with E-state index in [4.69, 9.17) is 26.4 Å². The van der Waals surface area contributed by atoms with Crippen LogP contribution in [-0.4, -0.2) is 59.3 Å². The van der Waals surface area contributed by atoms with E-state index in [0.29, 0.717) is 19.4 Å². The fourth-order valence-corrected chi connectivity index (χ4v) is 4.45. The number of unbranched alkanes of at least 4 members (excludes halogenated alkanes) is 3. The number of ether oxygens (including phenoxy) is 2. The summed E-state index contributed by atoms with van der Waals surface area (Å²) in [5, 5.41) is 0. The van der Waals surface area contributed by atoms with Crippen LogP contribution in [0.25, 0.3) is 0 Å². The summed E-state index contributed by atoms with van der Waals surface area (Å²) in [6, 6.07) is 0. The topological polar surface area (TPSA) is 54.0 Å². The zero-order valence-corrected chi connectivity index (χ0v) is 18.7. The van der Waals surface area contributed by atoms with Gasteiger partial charge in [-0.25, -0.2) is 0 Å². The number of rotatable bonds is 16. The second kappa shape index (κ2) is 14.6. The first-order chi connectivity index (χ1) is 11.8. The second-order valence-electron chi connectivity index (χ2n) is 6.43. The van der Waals surface area contributed by atoms with Crippen molar-refractivity contribution in [2.75, 3.05) is 33.6 Å². The van der Waals surface area contributed by atoms with Crippen molar-refractivity contribution in [3.63, 3.8) is 0 Å². The molecule has 0 fully saturated rings. The third-order valence-corrected chi connectivity index (χ3v) is 7.15. The van der Waals surface area contributed by atoms with Crippen LogP contribution in [0, 0.1) is 0 Å². The van der Waals surface area contributed by atoms with Gasteiger partial charge < -0.3 is 18.5 Å². The normalized spacial score (nSPS) is 19.1. The minimum absolute atomic E-state index is 0.130. The molecular weight excluding hydrogens is 357 g/mol. The molecule has 0 rings (SSSR count). The summed E-state index contributed by atoms with van der Waals surface area (Å²) in [5.41, 5.74) is -0.130. The first-order valence-corrected chi connectivity index (χ1v) is 11.7. The molecule has 0 amide bonds. The van der Waals surface area contributed by atoms with Gasteiger partial charge in [0.05, 0.1) is 20.6 Å². The van der Waals surface area contributed by atoms with Gasteiger partial charge in [0.1, 0.15) is 12.2 Å². The van der Waals surface area contributed by atoms with Gasteiger partial charge in [-0.3, -0.25) is 4.57 Å². The molecule has 6 atom stereocenters. The summed E-state index contributed by atoms with van der Waals surface area (Å²) in [5.74, 6) is -0.163. The van der Waals surface area contributed by atoms with Gasteiger partial charge in [-0.1, -0.05) is 45.9 Å². The van der Waals surface area contributed by atoms with Crippen molar-refractivity contribution in [1.82, 2.24) is 0 Å². The van der Waals surface area contributed by atoms with Crippen LogP contribution in [0.2, 0.25) is 5.82 Å². The lowest BCUT2D eigenvalue weighted by Gasteiger charge is -2.35. The van der Waals surface area contributed by atoms with Crippen LogP contribution < -0.4 is 0 Å². The molecule has 0 aliphatic rings.